The molecule has 0 spiro atoms. The Morgan fingerprint density at radius 1 is 1.31 bits per heavy atom. The number of nitrogens with zero attached hydrogens (tertiary/aromatic N) is 1. The van der Waals surface area contributed by atoms with E-state index >= 15 is 0 Å². The number of hydrogen-bond acceptors (Lipinski definition) is 2. The van der Waals surface area contributed by atoms with E-state index in [2.05, 4.69) is 12.2 Å². The van der Waals surface area contributed by atoms with Gasteiger partial charge in [0.15, 0.2) is 0 Å². The zero-order valence-electron chi connectivity index (χ0n) is 9.87. The highest BCUT2D eigenvalue weighted by atomic mass is 16.2. The molecule has 0 radical (unpaired) electrons. The number of amides is 3. The molecule has 3 amide bonds. The number of hydrogen-bond donors (Lipinski definition) is 1. The van der Waals surface area contributed by atoms with Crippen LogP contribution in [0.4, 0.5) is 4.79 Å². The van der Waals surface area contributed by atoms with Gasteiger partial charge in [0.05, 0.1) is 5.92 Å². The van der Waals surface area contributed by atoms with Gasteiger partial charge in [0.25, 0.3) is 0 Å². The van der Waals surface area contributed by atoms with Crippen molar-refractivity contribution < 1.29 is 9.59 Å². The van der Waals surface area contributed by atoms with Gasteiger partial charge in [0.1, 0.15) is 0 Å². The highest BCUT2D eigenvalue weighted by molar-refractivity contribution is 5.98. The lowest BCUT2D eigenvalue weighted by Gasteiger charge is -2.39. The molecule has 1 aliphatic heterocycles. The lowest BCUT2D eigenvalue weighted by molar-refractivity contribution is -0.136. The maximum atomic E-state index is 12.1. The molecule has 1 heterocycles. The smallest absolute Gasteiger partial charge is 0.324 e. The van der Waals surface area contributed by atoms with Crippen molar-refractivity contribution in [3.05, 3.63) is 0 Å². The van der Waals surface area contributed by atoms with Crippen LogP contribution in [0.25, 0.3) is 0 Å². The van der Waals surface area contributed by atoms with Crippen LogP contribution in [0.15, 0.2) is 0 Å². The fourth-order valence-corrected chi connectivity index (χ4v) is 2.66. The summed E-state index contributed by atoms with van der Waals surface area (Å²) in [6.45, 7) is 2.64. The van der Waals surface area contributed by atoms with Crippen molar-refractivity contribution in [2.45, 2.75) is 51.5 Å². The zero-order valence-corrected chi connectivity index (χ0v) is 9.87. The van der Waals surface area contributed by atoms with E-state index in [-0.39, 0.29) is 23.9 Å². The molecule has 0 bridgehead atoms. The zero-order chi connectivity index (χ0) is 11.5. The first kappa shape index (κ1) is 11.4. The molecule has 2 unspecified atom stereocenters. The van der Waals surface area contributed by atoms with Gasteiger partial charge in [-0.05, 0) is 19.3 Å². The Morgan fingerprint density at radius 2 is 2.06 bits per heavy atom. The second kappa shape index (κ2) is 4.85. The molecule has 1 saturated heterocycles. The summed E-state index contributed by atoms with van der Waals surface area (Å²) in [5.41, 5.74) is 0. The van der Waals surface area contributed by atoms with Crippen LogP contribution in [-0.2, 0) is 4.79 Å². The van der Waals surface area contributed by atoms with Gasteiger partial charge >= 0.3 is 6.03 Å². The summed E-state index contributed by atoms with van der Waals surface area (Å²) >= 11 is 0. The lowest BCUT2D eigenvalue weighted by atomic mass is 9.82. The molecular weight excluding hydrogens is 204 g/mol. The fourth-order valence-electron chi connectivity index (χ4n) is 2.66. The fraction of sp³-hybridized carbons (Fsp3) is 0.833. The number of carbonyl (C=O) groups is 2. The molecule has 0 aromatic carbocycles. The maximum Gasteiger partial charge on any atom is 0.324 e. The van der Waals surface area contributed by atoms with Crippen LogP contribution in [0.2, 0.25) is 0 Å². The van der Waals surface area contributed by atoms with E-state index in [4.69, 9.17) is 0 Å². The Kier molecular flexibility index (Phi) is 3.46. The van der Waals surface area contributed by atoms with Crippen LogP contribution in [-0.4, -0.2) is 29.4 Å². The van der Waals surface area contributed by atoms with Crippen molar-refractivity contribution in [2.75, 3.05) is 6.54 Å². The normalized spacial score (nSPS) is 29.9. The van der Waals surface area contributed by atoms with Gasteiger partial charge in [-0.25, -0.2) is 4.79 Å². The van der Waals surface area contributed by atoms with Gasteiger partial charge in [-0.1, -0.05) is 26.2 Å². The number of unbranched alkanes of at least 4 members (excludes halogenated alkanes) is 1. The van der Waals surface area contributed by atoms with Gasteiger partial charge in [0, 0.05) is 12.6 Å². The van der Waals surface area contributed by atoms with E-state index in [1.165, 1.54) is 4.90 Å². The number of imide groups is 1. The minimum Gasteiger partial charge on any atom is -0.334 e. The van der Waals surface area contributed by atoms with Crippen molar-refractivity contribution >= 4 is 11.9 Å². The molecule has 1 N–H and O–H groups in total. The third kappa shape index (κ3) is 2.06. The first-order valence-electron chi connectivity index (χ1n) is 6.36. The lowest BCUT2D eigenvalue weighted by Crippen LogP contribution is -2.60. The van der Waals surface area contributed by atoms with Gasteiger partial charge < -0.3 is 5.32 Å². The molecule has 90 valence electrons. The highest BCUT2D eigenvalue weighted by Gasteiger charge is 2.41. The summed E-state index contributed by atoms with van der Waals surface area (Å²) in [6.07, 6.45) is 6.05. The van der Waals surface area contributed by atoms with Gasteiger partial charge in [0.2, 0.25) is 5.91 Å². The molecule has 0 aromatic rings. The van der Waals surface area contributed by atoms with Crippen LogP contribution in [0.1, 0.15) is 45.4 Å². The van der Waals surface area contributed by atoms with Crippen molar-refractivity contribution in [1.29, 1.82) is 0 Å². The van der Waals surface area contributed by atoms with E-state index in [9.17, 15) is 9.59 Å². The van der Waals surface area contributed by atoms with Crippen molar-refractivity contribution in [3.63, 3.8) is 0 Å². The molecule has 2 rings (SSSR count). The summed E-state index contributed by atoms with van der Waals surface area (Å²) in [6, 6.07) is -0.0757. The number of rotatable bonds is 3. The van der Waals surface area contributed by atoms with Crippen LogP contribution in [0, 0.1) is 5.92 Å². The molecule has 4 nitrogen and oxygen atoms in total. The molecule has 1 aliphatic carbocycles. The Hall–Kier alpha value is -1.06. The summed E-state index contributed by atoms with van der Waals surface area (Å²) in [5, 5.41) is 2.97. The van der Waals surface area contributed by atoms with Crippen molar-refractivity contribution in [2.24, 2.45) is 5.92 Å². The van der Waals surface area contributed by atoms with E-state index in [0.29, 0.717) is 6.54 Å². The van der Waals surface area contributed by atoms with Gasteiger partial charge in [-0.3, -0.25) is 9.69 Å². The molecular formula is C12H20N2O2. The molecule has 16 heavy (non-hydrogen) atoms. The third-order valence-corrected chi connectivity index (χ3v) is 3.64. The molecule has 2 aliphatic rings. The first-order valence-corrected chi connectivity index (χ1v) is 6.36. The van der Waals surface area contributed by atoms with Crippen LogP contribution in [0.5, 0.6) is 0 Å². The van der Waals surface area contributed by atoms with E-state index in [1.54, 1.807) is 0 Å². The Bertz CT molecular complexity index is 291. The monoisotopic (exact) mass is 224 g/mol. The summed E-state index contributed by atoms with van der Waals surface area (Å²) in [7, 11) is 0. The summed E-state index contributed by atoms with van der Waals surface area (Å²) in [4.78, 5) is 25.3. The number of fused-ring (bicyclic) bond motifs is 1. The van der Waals surface area contributed by atoms with E-state index < -0.39 is 0 Å². The third-order valence-electron chi connectivity index (χ3n) is 3.64. The van der Waals surface area contributed by atoms with Gasteiger partial charge in [-0.15, -0.1) is 0 Å². The predicted octanol–water partition coefficient (Wildman–Crippen LogP) is 1.90. The minimum absolute atomic E-state index is 0.0447. The molecule has 2 atom stereocenters. The second-order valence-corrected chi connectivity index (χ2v) is 4.79. The van der Waals surface area contributed by atoms with Crippen LogP contribution < -0.4 is 5.32 Å². The Morgan fingerprint density at radius 3 is 2.81 bits per heavy atom. The first-order chi connectivity index (χ1) is 7.74. The summed E-state index contributed by atoms with van der Waals surface area (Å²) in [5.74, 6) is 0.102. The second-order valence-electron chi connectivity index (χ2n) is 4.79. The average Bonchev–Trinajstić information content (AvgIpc) is 2.29. The van der Waals surface area contributed by atoms with E-state index in [0.717, 1.165) is 38.5 Å². The van der Waals surface area contributed by atoms with Crippen molar-refractivity contribution in [3.8, 4) is 0 Å². The number of nitrogens with one attached hydrogen (secondary N) is 1. The number of carbonyl (C=O) groups excluding carboxylic acids is 2. The topological polar surface area (TPSA) is 49.4 Å². The largest absolute Gasteiger partial charge is 0.334 e. The molecule has 1 saturated carbocycles. The highest BCUT2D eigenvalue weighted by Crippen LogP contribution is 2.29. The molecule has 4 heteroatoms. The standard InChI is InChI=1S/C12H20N2O2/c1-2-3-8-14-11(15)9-6-4-5-7-10(9)13-12(14)16/h9-10H,2-8H2,1H3,(H,13,16). The van der Waals surface area contributed by atoms with E-state index in [1.807, 2.05) is 0 Å². The maximum absolute atomic E-state index is 12.1. The average molecular weight is 224 g/mol. The molecule has 2 fully saturated rings. The Labute approximate surface area is 96.4 Å². The SMILES string of the molecule is CCCCN1C(=O)NC2CCCCC2C1=O. The number of urea groups is 1. The quantitative estimate of drug-likeness (QED) is 0.796. The van der Waals surface area contributed by atoms with Crippen molar-refractivity contribution in [1.82, 2.24) is 10.2 Å². The summed E-state index contributed by atoms with van der Waals surface area (Å²) < 4.78 is 0. The Balaban J connectivity index is 2.04. The van der Waals surface area contributed by atoms with Crippen LogP contribution in [0.3, 0.4) is 0 Å². The minimum atomic E-state index is -0.179. The van der Waals surface area contributed by atoms with Crippen LogP contribution >= 0.6 is 0 Å². The predicted molar refractivity (Wildman–Crippen MR) is 60.9 cm³/mol. The van der Waals surface area contributed by atoms with Gasteiger partial charge in [-0.2, -0.15) is 0 Å². The molecule has 0 aromatic heterocycles.